The average molecular weight is 351 g/mol. The van der Waals surface area contributed by atoms with Crippen LogP contribution in [0.1, 0.15) is 12.2 Å². The van der Waals surface area contributed by atoms with Gasteiger partial charge in [-0.05, 0) is 43.3 Å². The molecule has 21 heavy (non-hydrogen) atoms. The molecule has 0 fully saturated rings. The summed E-state index contributed by atoms with van der Waals surface area (Å²) in [6.07, 6.45) is 0.980. The molecule has 0 saturated carbocycles. The van der Waals surface area contributed by atoms with Crippen molar-refractivity contribution in [2.24, 2.45) is 0 Å². The molecule has 0 saturated heterocycles. The van der Waals surface area contributed by atoms with Crippen molar-refractivity contribution in [1.29, 1.82) is 0 Å². The molecule has 1 heterocycles. The fraction of sp³-hybridized carbons (Fsp3) is 0.333. The lowest BCUT2D eigenvalue weighted by Gasteiger charge is -2.02. The van der Waals surface area contributed by atoms with E-state index in [1.807, 2.05) is 24.3 Å². The Balaban J connectivity index is 0.00000220. The third-order valence-electron chi connectivity index (χ3n) is 2.81. The summed E-state index contributed by atoms with van der Waals surface area (Å²) in [5.74, 6) is 1.65. The molecular weight excluding hydrogens is 333 g/mol. The lowest BCUT2D eigenvalue weighted by Crippen LogP contribution is -2.15. The van der Waals surface area contributed by atoms with Gasteiger partial charge in [0.15, 0.2) is 0 Å². The van der Waals surface area contributed by atoms with Gasteiger partial charge in [0.25, 0.3) is 0 Å². The van der Waals surface area contributed by atoms with E-state index in [9.17, 15) is 0 Å². The van der Waals surface area contributed by atoms with Gasteiger partial charge in [0.1, 0.15) is 11.5 Å². The van der Waals surface area contributed by atoms with Gasteiger partial charge in [0.2, 0.25) is 0 Å². The van der Waals surface area contributed by atoms with Gasteiger partial charge >= 0.3 is 0 Å². The molecule has 0 radical (unpaired) electrons. The second kappa shape index (κ2) is 9.34. The van der Waals surface area contributed by atoms with Gasteiger partial charge in [-0.25, -0.2) is 0 Å². The third-order valence-corrected chi connectivity index (χ3v) is 3.25. The summed E-state index contributed by atoms with van der Waals surface area (Å²) in [6, 6.07) is 9.25. The first kappa shape index (κ1) is 18.3. The van der Waals surface area contributed by atoms with Crippen LogP contribution in [0, 0.1) is 0 Å². The van der Waals surface area contributed by atoms with Crippen molar-refractivity contribution in [2.45, 2.75) is 13.0 Å². The topological polar surface area (TPSA) is 34.4 Å². The van der Waals surface area contributed by atoms with E-state index in [0.29, 0.717) is 16.6 Å². The van der Waals surface area contributed by atoms with Gasteiger partial charge in [-0.15, -0.1) is 12.4 Å². The Kier molecular flexibility index (Phi) is 8.15. The fourth-order valence-electron chi connectivity index (χ4n) is 1.88. The van der Waals surface area contributed by atoms with Crippen molar-refractivity contribution in [3.05, 3.63) is 46.1 Å². The third kappa shape index (κ3) is 5.89. The average Bonchev–Trinajstić information content (AvgIpc) is 2.86. The molecule has 0 aliphatic heterocycles. The van der Waals surface area contributed by atoms with E-state index in [2.05, 4.69) is 5.32 Å². The molecule has 0 atom stereocenters. The van der Waals surface area contributed by atoms with Crippen molar-refractivity contribution in [2.75, 3.05) is 20.3 Å². The van der Waals surface area contributed by atoms with E-state index in [0.717, 1.165) is 36.7 Å². The minimum atomic E-state index is 0. The molecule has 0 spiro atoms. The molecule has 0 unspecified atom stereocenters. The van der Waals surface area contributed by atoms with E-state index in [-0.39, 0.29) is 12.4 Å². The minimum Gasteiger partial charge on any atom is -0.460 e. The minimum absolute atomic E-state index is 0. The summed E-state index contributed by atoms with van der Waals surface area (Å²) in [5.41, 5.74) is 0.883. The molecular formula is C15H18Cl3NO2. The number of benzene rings is 1. The number of halogens is 3. The Morgan fingerprint density at radius 2 is 1.86 bits per heavy atom. The molecule has 3 nitrogen and oxygen atoms in total. The summed E-state index contributed by atoms with van der Waals surface area (Å²) < 4.78 is 10.8. The molecule has 2 rings (SSSR count). The molecule has 1 aromatic heterocycles. The number of ether oxygens (including phenoxy) is 1. The van der Waals surface area contributed by atoms with Gasteiger partial charge in [-0.2, -0.15) is 0 Å². The van der Waals surface area contributed by atoms with E-state index in [1.165, 1.54) is 0 Å². The van der Waals surface area contributed by atoms with E-state index in [4.69, 9.17) is 32.4 Å². The van der Waals surface area contributed by atoms with Crippen molar-refractivity contribution >= 4 is 35.6 Å². The standard InChI is InChI=1S/C15H17Cl2NO2.ClH/c1-19-6-2-5-18-10-14-3-4-15(20-14)11-7-12(16)9-13(17)8-11;/h3-4,7-9,18H,2,5-6,10H2,1H3;1H. The Morgan fingerprint density at radius 3 is 2.52 bits per heavy atom. The molecule has 1 N–H and O–H groups in total. The first-order chi connectivity index (χ1) is 9.69. The van der Waals surface area contributed by atoms with Crippen LogP contribution >= 0.6 is 35.6 Å². The van der Waals surface area contributed by atoms with Gasteiger partial charge in [0, 0.05) is 29.3 Å². The number of hydrogen-bond donors (Lipinski definition) is 1. The van der Waals surface area contributed by atoms with E-state index >= 15 is 0 Å². The predicted octanol–water partition coefficient (Wildman–Crippen LogP) is 4.80. The summed E-state index contributed by atoms with van der Waals surface area (Å²) in [7, 11) is 1.70. The van der Waals surface area contributed by atoms with Crippen molar-refractivity contribution in [3.8, 4) is 11.3 Å². The molecule has 2 aromatic rings. The smallest absolute Gasteiger partial charge is 0.134 e. The lowest BCUT2D eigenvalue weighted by molar-refractivity contribution is 0.194. The highest BCUT2D eigenvalue weighted by Gasteiger charge is 2.06. The highest BCUT2D eigenvalue weighted by Crippen LogP contribution is 2.28. The maximum atomic E-state index is 5.99. The van der Waals surface area contributed by atoms with Crippen molar-refractivity contribution in [1.82, 2.24) is 5.32 Å². The zero-order valence-corrected chi connectivity index (χ0v) is 14.0. The monoisotopic (exact) mass is 349 g/mol. The molecule has 1 aromatic carbocycles. The first-order valence-electron chi connectivity index (χ1n) is 6.44. The predicted molar refractivity (Wildman–Crippen MR) is 89.6 cm³/mol. The summed E-state index contributed by atoms with van der Waals surface area (Å²) in [6.45, 7) is 2.35. The van der Waals surface area contributed by atoms with Crippen LogP contribution in [0.4, 0.5) is 0 Å². The van der Waals surface area contributed by atoms with Crippen LogP contribution in [0.25, 0.3) is 11.3 Å². The SMILES string of the molecule is COCCCNCc1ccc(-c2cc(Cl)cc(Cl)c2)o1.Cl. The summed E-state index contributed by atoms with van der Waals surface area (Å²) in [5, 5.41) is 4.50. The Bertz CT molecular complexity index is 537. The summed E-state index contributed by atoms with van der Waals surface area (Å²) >= 11 is 12.0. The Hall–Kier alpha value is -0.710. The molecule has 0 bridgehead atoms. The Morgan fingerprint density at radius 1 is 1.14 bits per heavy atom. The number of hydrogen-bond acceptors (Lipinski definition) is 3. The lowest BCUT2D eigenvalue weighted by atomic mass is 10.2. The van der Waals surface area contributed by atoms with Crippen LogP contribution in [-0.2, 0) is 11.3 Å². The Labute approximate surface area is 141 Å². The molecule has 0 amide bonds. The van der Waals surface area contributed by atoms with Crippen LogP contribution in [-0.4, -0.2) is 20.3 Å². The van der Waals surface area contributed by atoms with Gasteiger partial charge in [-0.1, -0.05) is 23.2 Å². The molecule has 0 aliphatic rings. The molecule has 6 heteroatoms. The number of furan rings is 1. The maximum absolute atomic E-state index is 5.99. The van der Waals surface area contributed by atoms with Gasteiger partial charge in [0.05, 0.1) is 6.54 Å². The highest BCUT2D eigenvalue weighted by atomic mass is 35.5. The summed E-state index contributed by atoms with van der Waals surface area (Å²) in [4.78, 5) is 0. The highest BCUT2D eigenvalue weighted by molar-refractivity contribution is 6.35. The fourth-order valence-corrected chi connectivity index (χ4v) is 2.40. The number of nitrogens with one attached hydrogen (secondary N) is 1. The zero-order chi connectivity index (χ0) is 14.4. The second-order valence-electron chi connectivity index (χ2n) is 4.45. The largest absolute Gasteiger partial charge is 0.460 e. The molecule has 116 valence electrons. The first-order valence-corrected chi connectivity index (χ1v) is 7.19. The zero-order valence-electron chi connectivity index (χ0n) is 11.7. The maximum Gasteiger partial charge on any atom is 0.134 e. The van der Waals surface area contributed by atoms with E-state index in [1.54, 1.807) is 13.2 Å². The van der Waals surface area contributed by atoms with Crippen LogP contribution in [0.15, 0.2) is 34.7 Å². The van der Waals surface area contributed by atoms with Gasteiger partial charge < -0.3 is 14.5 Å². The van der Waals surface area contributed by atoms with E-state index < -0.39 is 0 Å². The van der Waals surface area contributed by atoms with Crippen LogP contribution in [0.3, 0.4) is 0 Å². The van der Waals surface area contributed by atoms with Crippen LogP contribution < -0.4 is 5.32 Å². The normalized spacial score (nSPS) is 10.4. The quantitative estimate of drug-likeness (QED) is 0.728. The number of methoxy groups -OCH3 is 1. The van der Waals surface area contributed by atoms with Crippen molar-refractivity contribution in [3.63, 3.8) is 0 Å². The van der Waals surface area contributed by atoms with Crippen LogP contribution in [0.2, 0.25) is 10.0 Å². The van der Waals surface area contributed by atoms with Crippen molar-refractivity contribution < 1.29 is 9.15 Å². The number of rotatable bonds is 7. The van der Waals surface area contributed by atoms with Crippen LogP contribution in [0.5, 0.6) is 0 Å². The second-order valence-corrected chi connectivity index (χ2v) is 5.32. The van der Waals surface area contributed by atoms with Gasteiger partial charge in [-0.3, -0.25) is 0 Å². The molecule has 0 aliphatic carbocycles.